The lowest BCUT2D eigenvalue weighted by Gasteiger charge is -2.24. The summed E-state index contributed by atoms with van der Waals surface area (Å²) in [4.78, 5) is 24.0. The first-order chi connectivity index (χ1) is 8.02. The molecule has 0 bridgehead atoms. The van der Waals surface area contributed by atoms with Gasteiger partial charge in [-0.2, -0.15) is 0 Å². The lowest BCUT2D eigenvalue weighted by atomic mass is 10.1. The van der Waals surface area contributed by atoms with Crippen molar-refractivity contribution in [3.63, 3.8) is 0 Å². The minimum Gasteiger partial charge on any atom is -0.481 e. The second-order valence-electron chi connectivity index (χ2n) is 3.98. The van der Waals surface area contributed by atoms with Crippen LogP contribution in [0.2, 0.25) is 0 Å². The second-order valence-corrected chi connectivity index (χ2v) is 3.98. The molecule has 17 heavy (non-hydrogen) atoms. The molecule has 0 radical (unpaired) electrons. The van der Waals surface area contributed by atoms with Crippen molar-refractivity contribution in [2.45, 2.75) is 33.6 Å². The lowest BCUT2D eigenvalue weighted by Crippen LogP contribution is -2.37. The average Bonchev–Trinajstić information content (AvgIpc) is 2.31. The van der Waals surface area contributed by atoms with Crippen LogP contribution < -0.4 is 0 Å². The fourth-order valence-corrected chi connectivity index (χ4v) is 1.45. The molecular weight excluding hydrogens is 222 g/mol. The number of nitrogens with zero attached hydrogens (tertiary/aromatic N) is 1. The molecule has 0 saturated heterocycles. The summed E-state index contributed by atoms with van der Waals surface area (Å²) >= 11 is 0. The molecule has 0 aliphatic rings. The number of ether oxygens (including phenoxy) is 1. The predicted octanol–water partition coefficient (Wildman–Crippen LogP) is 1.37. The Kier molecular flexibility index (Phi) is 8.40. The highest BCUT2D eigenvalue weighted by atomic mass is 16.5. The van der Waals surface area contributed by atoms with Gasteiger partial charge in [-0.3, -0.25) is 9.59 Å². The number of rotatable bonds is 9. The van der Waals surface area contributed by atoms with E-state index in [4.69, 9.17) is 9.84 Å². The third kappa shape index (κ3) is 6.94. The van der Waals surface area contributed by atoms with Crippen molar-refractivity contribution in [1.29, 1.82) is 0 Å². The van der Waals surface area contributed by atoms with E-state index in [0.29, 0.717) is 26.2 Å². The van der Waals surface area contributed by atoms with Gasteiger partial charge in [-0.15, -0.1) is 0 Å². The van der Waals surface area contributed by atoms with Crippen LogP contribution in [0.1, 0.15) is 33.6 Å². The third-order valence-corrected chi connectivity index (χ3v) is 2.49. The van der Waals surface area contributed by atoms with Gasteiger partial charge >= 0.3 is 5.97 Å². The smallest absolute Gasteiger partial charge is 0.308 e. The van der Waals surface area contributed by atoms with E-state index < -0.39 is 11.9 Å². The molecule has 1 N–H and O–H groups in total. The topological polar surface area (TPSA) is 66.8 Å². The quantitative estimate of drug-likeness (QED) is 0.623. The highest BCUT2D eigenvalue weighted by molar-refractivity contribution is 5.77. The van der Waals surface area contributed by atoms with Crippen molar-refractivity contribution >= 4 is 11.9 Å². The van der Waals surface area contributed by atoms with Crippen LogP contribution in [0.15, 0.2) is 0 Å². The zero-order valence-electron chi connectivity index (χ0n) is 10.9. The van der Waals surface area contributed by atoms with Crippen molar-refractivity contribution in [2.75, 3.05) is 26.3 Å². The molecule has 0 aliphatic heterocycles. The van der Waals surface area contributed by atoms with Crippen LogP contribution >= 0.6 is 0 Å². The number of carbonyl (C=O) groups is 2. The standard InChI is InChI=1S/C12H23NO4/c1-4-11(14)13(7-6-8-17-5-2)9-10(3)12(15)16/h10H,4-9H2,1-3H3,(H,15,16). The highest BCUT2D eigenvalue weighted by Crippen LogP contribution is 2.04. The van der Waals surface area contributed by atoms with E-state index in [9.17, 15) is 9.59 Å². The van der Waals surface area contributed by atoms with Crippen molar-refractivity contribution in [2.24, 2.45) is 5.92 Å². The Bertz CT molecular complexity index is 243. The van der Waals surface area contributed by atoms with Gasteiger partial charge in [0, 0.05) is 32.7 Å². The summed E-state index contributed by atoms with van der Waals surface area (Å²) in [6, 6.07) is 0. The number of carboxylic acid groups (broad SMARTS) is 1. The maximum absolute atomic E-state index is 11.6. The van der Waals surface area contributed by atoms with Crippen LogP contribution in [0.5, 0.6) is 0 Å². The van der Waals surface area contributed by atoms with Gasteiger partial charge in [-0.1, -0.05) is 13.8 Å². The largest absolute Gasteiger partial charge is 0.481 e. The molecule has 0 aliphatic carbocycles. The first-order valence-corrected chi connectivity index (χ1v) is 6.11. The number of amides is 1. The molecule has 1 atom stereocenters. The second kappa shape index (κ2) is 8.98. The number of carbonyl (C=O) groups excluding carboxylic acids is 1. The molecule has 5 nitrogen and oxygen atoms in total. The first-order valence-electron chi connectivity index (χ1n) is 6.11. The van der Waals surface area contributed by atoms with Crippen LogP contribution in [0.4, 0.5) is 0 Å². The van der Waals surface area contributed by atoms with E-state index in [1.54, 1.807) is 18.7 Å². The molecule has 0 fully saturated rings. The van der Waals surface area contributed by atoms with E-state index >= 15 is 0 Å². The van der Waals surface area contributed by atoms with Crippen molar-refractivity contribution in [1.82, 2.24) is 4.90 Å². The van der Waals surface area contributed by atoms with E-state index in [1.807, 2.05) is 6.92 Å². The summed E-state index contributed by atoms with van der Waals surface area (Å²) in [5.41, 5.74) is 0. The summed E-state index contributed by atoms with van der Waals surface area (Å²) < 4.78 is 5.20. The van der Waals surface area contributed by atoms with Crippen LogP contribution in [-0.2, 0) is 14.3 Å². The summed E-state index contributed by atoms with van der Waals surface area (Å²) in [5, 5.41) is 8.83. The highest BCUT2D eigenvalue weighted by Gasteiger charge is 2.18. The molecule has 0 aromatic carbocycles. The SMILES string of the molecule is CCOCCCN(CC(C)C(=O)O)C(=O)CC. The molecule has 0 heterocycles. The van der Waals surface area contributed by atoms with Gasteiger partial charge in [-0.05, 0) is 13.3 Å². The van der Waals surface area contributed by atoms with Crippen LogP contribution in [0.25, 0.3) is 0 Å². The Hall–Kier alpha value is -1.10. The molecule has 0 saturated carbocycles. The molecular formula is C12H23NO4. The van der Waals surface area contributed by atoms with E-state index in [1.165, 1.54) is 0 Å². The third-order valence-electron chi connectivity index (χ3n) is 2.49. The maximum Gasteiger partial charge on any atom is 0.308 e. The number of hydrogen-bond acceptors (Lipinski definition) is 3. The van der Waals surface area contributed by atoms with Gasteiger partial charge in [0.25, 0.3) is 0 Å². The molecule has 0 spiro atoms. The average molecular weight is 245 g/mol. The van der Waals surface area contributed by atoms with E-state index in [-0.39, 0.29) is 12.5 Å². The molecule has 0 aromatic rings. The van der Waals surface area contributed by atoms with Gasteiger partial charge in [0.2, 0.25) is 5.91 Å². The van der Waals surface area contributed by atoms with Gasteiger partial charge in [0.1, 0.15) is 0 Å². The summed E-state index contributed by atoms with van der Waals surface area (Å²) in [5.74, 6) is -1.41. The fraction of sp³-hybridized carbons (Fsp3) is 0.833. The van der Waals surface area contributed by atoms with Gasteiger partial charge in [0.15, 0.2) is 0 Å². The Morgan fingerprint density at radius 3 is 2.47 bits per heavy atom. The van der Waals surface area contributed by atoms with Crippen molar-refractivity contribution in [3.8, 4) is 0 Å². The molecule has 1 unspecified atom stereocenters. The predicted molar refractivity (Wildman–Crippen MR) is 64.8 cm³/mol. The fourth-order valence-electron chi connectivity index (χ4n) is 1.45. The lowest BCUT2D eigenvalue weighted by molar-refractivity contribution is -0.143. The Morgan fingerprint density at radius 2 is 2.00 bits per heavy atom. The van der Waals surface area contributed by atoms with E-state index in [2.05, 4.69) is 0 Å². The number of hydrogen-bond donors (Lipinski definition) is 1. The Labute approximate surface area is 103 Å². The molecule has 0 aromatic heterocycles. The first kappa shape index (κ1) is 15.9. The number of aliphatic carboxylic acids is 1. The summed E-state index contributed by atoms with van der Waals surface area (Å²) in [7, 11) is 0. The summed E-state index contributed by atoms with van der Waals surface area (Å²) in [6.07, 6.45) is 1.15. The zero-order chi connectivity index (χ0) is 13.3. The minimum absolute atomic E-state index is 0.00500. The van der Waals surface area contributed by atoms with Crippen molar-refractivity contribution < 1.29 is 19.4 Å². The Balaban J connectivity index is 4.14. The Morgan fingerprint density at radius 1 is 1.35 bits per heavy atom. The monoisotopic (exact) mass is 245 g/mol. The zero-order valence-corrected chi connectivity index (χ0v) is 10.9. The summed E-state index contributed by atoms with van der Waals surface area (Å²) in [6.45, 7) is 7.41. The van der Waals surface area contributed by atoms with Gasteiger partial charge in [0.05, 0.1) is 5.92 Å². The van der Waals surface area contributed by atoms with E-state index in [0.717, 1.165) is 6.42 Å². The van der Waals surface area contributed by atoms with Crippen LogP contribution in [0.3, 0.4) is 0 Å². The van der Waals surface area contributed by atoms with Gasteiger partial charge < -0.3 is 14.7 Å². The molecule has 5 heteroatoms. The van der Waals surface area contributed by atoms with Crippen LogP contribution in [-0.4, -0.2) is 48.2 Å². The number of carboxylic acids is 1. The van der Waals surface area contributed by atoms with Crippen LogP contribution in [0, 0.1) is 5.92 Å². The molecule has 1 amide bonds. The normalized spacial score (nSPS) is 12.2. The maximum atomic E-state index is 11.6. The molecule has 100 valence electrons. The minimum atomic E-state index is -0.872. The van der Waals surface area contributed by atoms with Gasteiger partial charge in [-0.25, -0.2) is 0 Å². The van der Waals surface area contributed by atoms with Crippen molar-refractivity contribution in [3.05, 3.63) is 0 Å². The molecule has 0 rings (SSSR count).